The third-order valence-electron chi connectivity index (χ3n) is 5.08. The highest BCUT2D eigenvalue weighted by molar-refractivity contribution is 5.92. The summed E-state index contributed by atoms with van der Waals surface area (Å²) >= 11 is 0. The van der Waals surface area contributed by atoms with E-state index in [2.05, 4.69) is 15.5 Å². The number of nitrogens with one attached hydrogen (secondary N) is 1. The molecule has 2 fully saturated rings. The van der Waals surface area contributed by atoms with E-state index in [9.17, 15) is 9.18 Å². The third kappa shape index (κ3) is 2.80. The molecule has 3 heterocycles. The Morgan fingerprint density at radius 3 is 2.58 bits per heavy atom. The SMILES string of the molecule is CN(C(=O)c1cnn(-c2ccc(F)cc2)n1)C1CC2CCC(C1)N2. The molecule has 2 bridgehead atoms. The number of rotatable bonds is 3. The van der Waals surface area contributed by atoms with Crippen LogP contribution in [0.2, 0.25) is 0 Å². The third-order valence-corrected chi connectivity index (χ3v) is 5.08. The number of nitrogens with zero attached hydrogens (tertiary/aromatic N) is 4. The van der Waals surface area contributed by atoms with Gasteiger partial charge in [0, 0.05) is 25.2 Å². The van der Waals surface area contributed by atoms with E-state index in [0.717, 1.165) is 12.8 Å². The maximum atomic E-state index is 13.0. The van der Waals surface area contributed by atoms with Gasteiger partial charge in [0.25, 0.3) is 5.91 Å². The molecule has 6 nitrogen and oxygen atoms in total. The number of amides is 1. The highest BCUT2D eigenvalue weighted by Gasteiger charge is 2.36. The lowest BCUT2D eigenvalue weighted by Gasteiger charge is -2.35. The van der Waals surface area contributed by atoms with E-state index in [0.29, 0.717) is 23.5 Å². The summed E-state index contributed by atoms with van der Waals surface area (Å²) in [6.07, 6.45) is 5.85. The number of hydrogen-bond donors (Lipinski definition) is 1. The number of halogens is 1. The van der Waals surface area contributed by atoms with E-state index in [-0.39, 0.29) is 17.8 Å². The molecule has 0 spiro atoms. The van der Waals surface area contributed by atoms with Gasteiger partial charge < -0.3 is 10.2 Å². The zero-order valence-corrected chi connectivity index (χ0v) is 13.5. The molecule has 0 radical (unpaired) electrons. The first-order valence-electron chi connectivity index (χ1n) is 8.31. The molecule has 1 aromatic carbocycles. The van der Waals surface area contributed by atoms with Crippen molar-refractivity contribution in [2.75, 3.05) is 7.05 Å². The van der Waals surface area contributed by atoms with Crippen LogP contribution in [-0.2, 0) is 0 Å². The van der Waals surface area contributed by atoms with Crippen LogP contribution in [0, 0.1) is 5.82 Å². The average molecular weight is 329 g/mol. The van der Waals surface area contributed by atoms with Gasteiger partial charge in [-0.2, -0.15) is 9.90 Å². The molecule has 1 amide bonds. The summed E-state index contributed by atoms with van der Waals surface area (Å²) < 4.78 is 13.0. The molecular weight excluding hydrogens is 309 g/mol. The number of hydrogen-bond acceptors (Lipinski definition) is 4. The molecule has 2 atom stereocenters. The van der Waals surface area contributed by atoms with E-state index in [1.807, 2.05) is 7.05 Å². The molecule has 2 saturated heterocycles. The van der Waals surface area contributed by atoms with Crippen LogP contribution in [-0.4, -0.2) is 51.0 Å². The predicted octanol–water partition coefficient (Wildman–Crippen LogP) is 1.76. The van der Waals surface area contributed by atoms with Gasteiger partial charge >= 0.3 is 0 Å². The predicted molar refractivity (Wildman–Crippen MR) is 86.4 cm³/mol. The van der Waals surface area contributed by atoms with E-state index in [1.54, 1.807) is 17.0 Å². The standard InChI is InChI=1S/C17H20FN5O/c1-22(15-8-12-4-5-13(9-15)20-12)17(24)16-10-19-23(21-16)14-6-2-11(18)3-7-14/h2-3,6-7,10,12-13,15,20H,4-5,8-9H2,1H3. The normalized spacial score (nSPS) is 25.7. The Hall–Kier alpha value is -2.28. The summed E-state index contributed by atoms with van der Waals surface area (Å²) in [5.74, 6) is -0.433. The first-order valence-corrected chi connectivity index (χ1v) is 8.31. The van der Waals surface area contributed by atoms with Crippen LogP contribution in [0.4, 0.5) is 4.39 Å². The van der Waals surface area contributed by atoms with Crippen LogP contribution in [0.5, 0.6) is 0 Å². The van der Waals surface area contributed by atoms with Crippen molar-refractivity contribution in [1.82, 2.24) is 25.2 Å². The zero-order chi connectivity index (χ0) is 16.7. The fourth-order valence-electron chi connectivity index (χ4n) is 3.75. The van der Waals surface area contributed by atoms with Crippen molar-refractivity contribution in [2.24, 2.45) is 0 Å². The minimum absolute atomic E-state index is 0.116. The van der Waals surface area contributed by atoms with E-state index in [4.69, 9.17) is 0 Å². The van der Waals surface area contributed by atoms with Gasteiger partial charge in [0.05, 0.1) is 11.9 Å². The summed E-state index contributed by atoms with van der Waals surface area (Å²) in [4.78, 5) is 15.9. The van der Waals surface area contributed by atoms with Gasteiger partial charge in [-0.15, -0.1) is 5.10 Å². The summed E-state index contributed by atoms with van der Waals surface area (Å²) in [5, 5.41) is 12.0. The first kappa shape index (κ1) is 15.3. The van der Waals surface area contributed by atoms with Crippen molar-refractivity contribution >= 4 is 5.91 Å². The molecule has 0 aliphatic carbocycles. The highest BCUT2D eigenvalue weighted by Crippen LogP contribution is 2.29. The average Bonchev–Trinajstić information content (AvgIpc) is 3.21. The Morgan fingerprint density at radius 1 is 1.25 bits per heavy atom. The molecule has 1 N–H and O–H groups in total. The molecular formula is C17H20FN5O. The first-order chi connectivity index (χ1) is 11.6. The van der Waals surface area contributed by atoms with Crippen LogP contribution in [0.15, 0.2) is 30.5 Å². The molecule has 2 aliphatic rings. The van der Waals surface area contributed by atoms with E-state index in [1.165, 1.54) is 36.0 Å². The van der Waals surface area contributed by atoms with Crippen molar-refractivity contribution < 1.29 is 9.18 Å². The lowest BCUT2D eigenvalue weighted by atomic mass is 9.98. The molecule has 0 saturated carbocycles. The molecule has 24 heavy (non-hydrogen) atoms. The minimum Gasteiger partial charge on any atom is -0.337 e. The van der Waals surface area contributed by atoms with Crippen molar-refractivity contribution in [2.45, 2.75) is 43.8 Å². The van der Waals surface area contributed by atoms with Crippen molar-refractivity contribution in [3.05, 3.63) is 42.0 Å². The minimum atomic E-state index is -0.317. The molecule has 2 aromatic rings. The summed E-state index contributed by atoms with van der Waals surface area (Å²) in [5.41, 5.74) is 0.936. The quantitative estimate of drug-likeness (QED) is 0.932. The molecule has 7 heteroatoms. The second kappa shape index (κ2) is 5.98. The van der Waals surface area contributed by atoms with Gasteiger partial charge in [-0.1, -0.05) is 0 Å². The van der Waals surface area contributed by atoms with E-state index < -0.39 is 0 Å². The van der Waals surface area contributed by atoms with Gasteiger partial charge in [0.15, 0.2) is 5.69 Å². The number of aromatic nitrogens is 3. The maximum absolute atomic E-state index is 13.0. The van der Waals surface area contributed by atoms with Gasteiger partial charge in [0.1, 0.15) is 5.82 Å². The Bertz CT molecular complexity index is 732. The summed E-state index contributed by atoms with van der Waals surface area (Å²) in [6.45, 7) is 0. The van der Waals surface area contributed by atoms with Gasteiger partial charge in [-0.25, -0.2) is 4.39 Å². The zero-order valence-electron chi connectivity index (χ0n) is 13.5. The number of benzene rings is 1. The smallest absolute Gasteiger partial charge is 0.276 e. The fourth-order valence-corrected chi connectivity index (χ4v) is 3.75. The van der Waals surface area contributed by atoms with Crippen molar-refractivity contribution in [3.8, 4) is 5.69 Å². The number of piperidine rings is 1. The van der Waals surface area contributed by atoms with Crippen LogP contribution in [0.25, 0.3) is 5.69 Å². The molecule has 1 aromatic heterocycles. The monoisotopic (exact) mass is 329 g/mol. The van der Waals surface area contributed by atoms with Crippen LogP contribution in [0.3, 0.4) is 0 Å². The van der Waals surface area contributed by atoms with Crippen LogP contribution < -0.4 is 5.32 Å². The van der Waals surface area contributed by atoms with Gasteiger partial charge in [0.2, 0.25) is 0 Å². The fraction of sp³-hybridized carbons (Fsp3) is 0.471. The maximum Gasteiger partial charge on any atom is 0.276 e. The van der Waals surface area contributed by atoms with E-state index >= 15 is 0 Å². The highest BCUT2D eigenvalue weighted by atomic mass is 19.1. The van der Waals surface area contributed by atoms with Crippen molar-refractivity contribution in [3.63, 3.8) is 0 Å². The number of fused-ring (bicyclic) bond motifs is 2. The van der Waals surface area contributed by atoms with Gasteiger partial charge in [-0.3, -0.25) is 4.79 Å². The molecule has 4 rings (SSSR count). The summed E-state index contributed by atoms with van der Waals surface area (Å²) in [7, 11) is 1.84. The van der Waals surface area contributed by atoms with Crippen molar-refractivity contribution in [1.29, 1.82) is 0 Å². The topological polar surface area (TPSA) is 63.1 Å². The molecule has 126 valence electrons. The number of carbonyl (C=O) groups excluding carboxylic acids is 1. The Kier molecular flexibility index (Phi) is 3.80. The lowest BCUT2D eigenvalue weighted by molar-refractivity contribution is 0.0675. The second-order valence-electron chi connectivity index (χ2n) is 6.67. The van der Waals surface area contributed by atoms with Crippen LogP contribution >= 0.6 is 0 Å². The Morgan fingerprint density at radius 2 is 1.92 bits per heavy atom. The molecule has 2 aliphatic heterocycles. The number of carbonyl (C=O) groups is 1. The van der Waals surface area contributed by atoms with Gasteiger partial charge in [-0.05, 0) is 49.9 Å². The lowest BCUT2D eigenvalue weighted by Crippen LogP contribution is -2.48. The molecule has 2 unspecified atom stereocenters. The van der Waals surface area contributed by atoms with Crippen LogP contribution in [0.1, 0.15) is 36.2 Å². The Balaban J connectivity index is 1.49. The Labute approximate surface area is 139 Å². The second-order valence-corrected chi connectivity index (χ2v) is 6.67. The summed E-state index contributed by atoms with van der Waals surface area (Å²) in [6, 6.07) is 7.15. The largest absolute Gasteiger partial charge is 0.337 e.